The van der Waals surface area contributed by atoms with Crippen LogP contribution in [-0.2, 0) is 6.54 Å². The molecular formula is C14H23N3O. The fraction of sp³-hybridized carbons (Fsp3) is 0.500. The van der Waals surface area contributed by atoms with Gasteiger partial charge in [-0.1, -0.05) is 36.8 Å². The number of nitrogens with zero attached hydrogens (tertiary/aromatic N) is 1. The summed E-state index contributed by atoms with van der Waals surface area (Å²) in [7, 11) is 1.82. The number of amides is 2. The molecule has 0 radical (unpaired) electrons. The fourth-order valence-corrected chi connectivity index (χ4v) is 1.68. The summed E-state index contributed by atoms with van der Waals surface area (Å²) in [5, 5.41) is 2.90. The first-order valence-corrected chi connectivity index (χ1v) is 6.47. The van der Waals surface area contributed by atoms with Crippen LogP contribution in [0.2, 0.25) is 0 Å². The lowest BCUT2D eigenvalue weighted by Crippen LogP contribution is -2.37. The summed E-state index contributed by atoms with van der Waals surface area (Å²) in [6.45, 7) is 2.08. The smallest absolute Gasteiger partial charge is 0.317 e. The highest BCUT2D eigenvalue weighted by atomic mass is 16.2. The second-order valence-electron chi connectivity index (χ2n) is 4.42. The van der Waals surface area contributed by atoms with Crippen LogP contribution < -0.4 is 11.1 Å². The van der Waals surface area contributed by atoms with Crippen molar-refractivity contribution in [3.8, 4) is 0 Å². The van der Waals surface area contributed by atoms with Crippen LogP contribution in [0.15, 0.2) is 30.3 Å². The Morgan fingerprint density at radius 3 is 2.61 bits per heavy atom. The molecule has 1 aromatic carbocycles. The molecule has 1 rings (SSSR count). The maximum Gasteiger partial charge on any atom is 0.317 e. The van der Waals surface area contributed by atoms with Crippen molar-refractivity contribution in [1.29, 1.82) is 0 Å². The van der Waals surface area contributed by atoms with E-state index in [-0.39, 0.29) is 6.03 Å². The topological polar surface area (TPSA) is 58.4 Å². The molecule has 0 atom stereocenters. The van der Waals surface area contributed by atoms with Crippen molar-refractivity contribution in [1.82, 2.24) is 10.2 Å². The van der Waals surface area contributed by atoms with Gasteiger partial charge in [0.2, 0.25) is 0 Å². The van der Waals surface area contributed by atoms with E-state index in [9.17, 15) is 4.79 Å². The third kappa shape index (κ3) is 5.68. The normalized spacial score (nSPS) is 10.1. The molecule has 1 aromatic rings. The molecule has 0 saturated carbocycles. The Bertz CT molecular complexity index is 340. The van der Waals surface area contributed by atoms with Gasteiger partial charge in [0.05, 0.1) is 0 Å². The second-order valence-corrected chi connectivity index (χ2v) is 4.42. The van der Waals surface area contributed by atoms with Crippen LogP contribution in [0.5, 0.6) is 0 Å². The van der Waals surface area contributed by atoms with E-state index in [4.69, 9.17) is 5.73 Å². The zero-order valence-corrected chi connectivity index (χ0v) is 11.1. The maximum atomic E-state index is 11.8. The number of nitrogens with two attached hydrogens (primary N) is 1. The average molecular weight is 249 g/mol. The molecule has 3 N–H and O–H groups in total. The number of urea groups is 1. The minimum absolute atomic E-state index is 0.0217. The number of carbonyl (C=O) groups excluding carboxylic acids is 1. The molecule has 100 valence electrons. The SMILES string of the molecule is CN(CCCCCN)C(=O)NCc1ccccc1. The van der Waals surface area contributed by atoms with E-state index in [2.05, 4.69) is 5.32 Å². The van der Waals surface area contributed by atoms with Gasteiger partial charge in [0.15, 0.2) is 0 Å². The van der Waals surface area contributed by atoms with E-state index < -0.39 is 0 Å². The highest BCUT2D eigenvalue weighted by Crippen LogP contribution is 1.99. The van der Waals surface area contributed by atoms with Crippen LogP contribution >= 0.6 is 0 Å². The molecule has 0 unspecified atom stereocenters. The Hall–Kier alpha value is -1.55. The van der Waals surface area contributed by atoms with Gasteiger partial charge in [0.25, 0.3) is 0 Å². The van der Waals surface area contributed by atoms with Gasteiger partial charge < -0.3 is 16.0 Å². The number of unbranched alkanes of at least 4 members (excludes halogenated alkanes) is 2. The van der Waals surface area contributed by atoms with Crippen molar-refractivity contribution < 1.29 is 4.79 Å². The van der Waals surface area contributed by atoms with Gasteiger partial charge in [-0.05, 0) is 24.9 Å². The molecule has 0 saturated heterocycles. The molecule has 18 heavy (non-hydrogen) atoms. The number of rotatable bonds is 7. The summed E-state index contributed by atoms with van der Waals surface area (Å²) < 4.78 is 0. The number of benzene rings is 1. The minimum atomic E-state index is -0.0217. The monoisotopic (exact) mass is 249 g/mol. The molecule has 0 fully saturated rings. The molecular weight excluding hydrogens is 226 g/mol. The fourth-order valence-electron chi connectivity index (χ4n) is 1.68. The molecule has 4 heteroatoms. The van der Waals surface area contributed by atoms with E-state index in [0.29, 0.717) is 6.54 Å². The lowest BCUT2D eigenvalue weighted by atomic mass is 10.2. The first-order chi connectivity index (χ1) is 8.74. The standard InChI is InChI=1S/C14H23N3O/c1-17(11-7-3-6-10-15)14(18)16-12-13-8-4-2-5-9-13/h2,4-5,8-9H,3,6-7,10-12,15H2,1H3,(H,16,18). The summed E-state index contributed by atoms with van der Waals surface area (Å²) in [4.78, 5) is 13.5. The predicted octanol–water partition coefficient (Wildman–Crippen LogP) is 1.96. The number of hydrogen-bond acceptors (Lipinski definition) is 2. The zero-order valence-electron chi connectivity index (χ0n) is 11.1. The first-order valence-electron chi connectivity index (χ1n) is 6.47. The van der Waals surface area contributed by atoms with E-state index in [1.807, 2.05) is 37.4 Å². The summed E-state index contributed by atoms with van der Waals surface area (Å²) >= 11 is 0. The van der Waals surface area contributed by atoms with Gasteiger partial charge in [0, 0.05) is 20.1 Å². The van der Waals surface area contributed by atoms with Crippen molar-refractivity contribution in [3.63, 3.8) is 0 Å². The Balaban J connectivity index is 2.19. The van der Waals surface area contributed by atoms with Gasteiger partial charge >= 0.3 is 6.03 Å². The van der Waals surface area contributed by atoms with Crippen molar-refractivity contribution in [2.45, 2.75) is 25.8 Å². The summed E-state index contributed by atoms with van der Waals surface area (Å²) in [5.74, 6) is 0. The highest BCUT2D eigenvalue weighted by Gasteiger charge is 2.06. The lowest BCUT2D eigenvalue weighted by molar-refractivity contribution is 0.207. The van der Waals surface area contributed by atoms with Crippen molar-refractivity contribution in [3.05, 3.63) is 35.9 Å². The predicted molar refractivity (Wildman–Crippen MR) is 74.2 cm³/mol. The van der Waals surface area contributed by atoms with E-state index in [1.54, 1.807) is 4.90 Å². The Kier molecular flexibility index (Phi) is 6.87. The van der Waals surface area contributed by atoms with Gasteiger partial charge in [-0.15, -0.1) is 0 Å². The molecule has 2 amide bonds. The largest absolute Gasteiger partial charge is 0.334 e. The molecule has 4 nitrogen and oxygen atoms in total. The molecule has 0 aliphatic rings. The first kappa shape index (κ1) is 14.5. The van der Waals surface area contributed by atoms with E-state index in [0.717, 1.165) is 37.9 Å². The molecule has 0 spiro atoms. The van der Waals surface area contributed by atoms with Crippen LogP contribution in [0.4, 0.5) is 4.79 Å². The summed E-state index contributed by atoms with van der Waals surface area (Å²) in [6.07, 6.45) is 3.11. The maximum absolute atomic E-state index is 11.8. The van der Waals surface area contributed by atoms with Gasteiger partial charge in [-0.2, -0.15) is 0 Å². The van der Waals surface area contributed by atoms with E-state index in [1.165, 1.54) is 0 Å². The van der Waals surface area contributed by atoms with Gasteiger partial charge in [-0.3, -0.25) is 0 Å². The Labute approximate surface area is 109 Å². The van der Waals surface area contributed by atoms with E-state index >= 15 is 0 Å². The van der Waals surface area contributed by atoms with Crippen molar-refractivity contribution >= 4 is 6.03 Å². The number of carbonyl (C=O) groups is 1. The Morgan fingerprint density at radius 1 is 1.22 bits per heavy atom. The van der Waals surface area contributed by atoms with Crippen molar-refractivity contribution in [2.75, 3.05) is 20.1 Å². The van der Waals surface area contributed by atoms with Crippen LogP contribution in [0.3, 0.4) is 0 Å². The van der Waals surface area contributed by atoms with Gasteiger partial charge in [-0.25, -0.2) is 4.79 Å². The number of nitrogens with one attached hydrogen (secondary N) is 1. The molecule has 0 aliphatic carbocycles. The van der Waals surface area contributed by atoms with Crippen LogP contribution in [0.25, 0.3) is 0 Å². The van der Waals surface area contributed by atoms with Crippen molar-refractivity contribution in [2.24, 2.45) is 5.73 Å². The summed E-state index contributed by atoms with van der Waals surface area (Å²) in [6, 6.07) is 9.89. The highest BCUT2D eigenvalue weighted by molar-refractivity contribution is 5.73. The molecule has 0 heterocycles. The minimum Gasteiger partial charge on any atom is -0.334 e. The quantitative estimate of drug-likeness (QED) is 0.726. The third-order valence-corrected chi connectivity index (χ3v) is 2.83. The van der Waals surface area contributed by atoms with Gasteiger partial charge in [0.1, 0.15) is 0 Å². The third-order valence-electron chi connectivity index (χ3n) is 2.83. The van der Waals surface area contributed by atoms with Crippen LogP contribution in [-0.4, -0.2) is 31.1 Å². The zero-order chi connectivity index (χ0) is 13.2. The molecule has 0 aliphatic heterocycles. The Morgan fingerprint density at radius 2 is 1.94 bits per heavy atom. The second kappa shape index (κ2) is 8.53. The average Bonchev–Trinajstić information content (AvgIpc) is 2.42. The summed E-state index contributed by atoms with van der Waals surface area (Å²) in [5.41, 5.74) is 6.54. The van der Waals surface area contributed by atoms with Crippen LogP contribution in [0, 0.1) is 0 Å². The lowest BCUT2D eigenvalue weighted by Gasteiger charge is -2.17. The molecule has 0 bridgehead atoms. The molecule has 0 aromatic heterocycles. The van der Waals surface area contributed by atoms with Crippen LogP contribution in [0.1, 0.15) is 24.8 Å². The number of hydrogen-bond donors (Lipinski definition) is 2.